The van der Waals surface area contributed by atoms with E-state index in [1.807, 2.05) is 4.90 Å². The SMILES string of the molecule is CCCCN1C(=O)C(C(O)C2CCCCC2)NC(=O)C12CCNCC2. The minimum Gasteiger partial charge on any atom is -0.390 e. The van der Waals surface area contributed by atoms with Crippen molar-refractivity contribution < 1.29 is 14.7 Å². The summed E-state index contributed by atoms with van der Waals surface area (Å²) in [6, 6.07) is -0.770. The Bertz CT molecular complexity index is 484. The lowest BCUT2D eigenvalue weighted by molar-refractivity contribution is -0.164. The Morgan fingerprint density at radius 3 is 2.52 bits per heavy atom. The van der Waals surface area contributed by atoms with Gasteiger partial charge in [0.1, 0.15) is 11.6 Å². The molecule has 2 amide bonds. The third-order valence-corrected chi connectivity index (χ3v) is 6.40. The Kier molecular flexibility index (Phi) is 6.00. The van der Waals surface area contributed by atoms with Crippen LogP contribution in [0.5, 0.6) is 0 Å². The molecule has 3 aliphatic rings. The highest BCUT2D eigenvalue weighted by Gasteiger charge is 2.54. The second-order valence-electron chi connectivity index (χ2n) is 7.96. The molecule has 2 atom stereocenters. The van der Waals surface area contributed by atoms with E-state index in [0.717, 1.165) is 51.6 Å². The molecule has 6 heteroatoms. The topological polar surface area (TPSA) is 81.7 Å². The summed E-state index contributed by atoms with van der Waals surface area (Å²) in [5, 5.41) is 17.1. The normalized spacial score (nSPS) is 28.9. The zero-order valence-electron chi connectivity index (χ0n) is 15.4. The van der Waals surface area contributed by atoms with Gasteiger partial charge in [0.2, 0.25) is 11.8 Å². The number of aliphatic hydroxyl groups is 1. The first-order chi connectivity index (χ1) is 12.1. The smallest absolute Gasteiger partial charge is 0.248 e. The number of hydrogen-bond donors (Lipinski definition) is 3. The van der Waals surface area contributed by atoms with Crippen LogP contribution in [0.25, 0.3) is 0 Å². The molecule has 0 radical (unpaired) electrons. The van der Waals surface area contributed by atoms with Crippen molar-refractivity contribution in [3.63, 3.8) is 0 Å². The maximum atomic E-state index is 13.3. The summed E-state index contributed by atoms with van der Waals surface area (Å²) in [4.78, 5) is 28.1. The highest BCUT2D eigenvalue weighted by molar-refractivity contribution is 6.00. The van der Waals surface area contributed by atoms with Gasteiger partial charge in [-0.1, -0.05) is 32.6 Å². The second-order valence-corrected chi connectivity index (χ2v) is 7.96. The summed E-state index contributed by atoms with van der Waals surface area (Å²) >= 11 is 0. The van der Waals surface area contributed by atoms with Crippen LogP contribution in [0.15, 0.2) is 0 Å². The van der Waals surface area contributed by atoms with Crippen molar-refractivity contribution in [1.29, 1.82) is 0 Å². The molecule has 3 rings (SSSR count). The molecule has 6 nitrogen and oxygen atoms in total. The summed E-state index contributed by atoms with van der Waals surface area (Å²) in [5.74, 6) is -0.0179. The van der Waals surface area contributed by atoms with Crippen molar-refractivity contribution >= 4 is 11.8 Å². The number of carbonyl (C=O) groups is 2. The summed E-state index contributed by atoms with van der Waals surface area (Å²) in [5.41, 5.74) is -0.722. The molecule has 25 heavy (non-hydrogen) atoms. The Balaban J connectivity index is 1.81. The number of aliphatic hydroxyl groups excluding tert-OH is 1. The summed E-state index contributed by atoms with van der Waals surface area (Å²) in [6.45, 7) is 4.20. The number of unbranched alkanes of at least 4 members (excludes halogenated alkanes) is 1. The highest BCUT2D eigenvalue weighted by Crippen LogP contribution is 2.34. The van der Waals surface area contributed by atoms with Gasteiger partial charge in [-0.2, -0.15) is 0 Å². The average molecular weight is 351 g/mol. The molecule has 142 valence electrons. The molecule has 3 fully saturated rings. The van der Waals surface area contributed by atoms with Crippen LogP contribution in [-0.4, -0.2) is 59.1 Å². The average Bonchev–Trinajstić information content (AvgIpc) is 2.66. The molecular formula is C19H33N3O3. The van der Waals surface area contributed by atoms with Crippen LogP contribution in [0, 0.1) is 5.92 Å². The van der Waals surface area contributed by atoms with Gasteiger partial charge in [0, 0.05) is 6.54 Å². The van der Waals surface area contributed by atoms with Gasteiger partial charge < -0.3 is 20.6 Å². The zero-order chi connectivity index (χ0) is 17.9. The Labute approximate surface area is 150 Å². The number of piperidine rings is 1. The summed E-state index contributed by atoms with van der Waals surface area (Å²) < 4.78 is 0. The minimum absolute atomic E-state index is 0.0652. The lowest BCUT2D eigenvalue weighted by atomic mass is 9.78. The molecule has 2 aliphatic heterocycles. The maximum absolute atomic E-state index is 13.3. The molecule has 1 saturated carbocycles. The Hall–Kier alpha value is -1.14. The van der Waals surface area contributed by atoms with E-state index in [2.05, 4.69) is 17.6 Å². The third kappa shape index (κ3) is 3.56. The van der Waals surface area contributed by atoms with E-state index >= 15 is 0 Å². The van der Waals surface area contributed by atoms with E-state index in [1.165, 1.54) is 6.42 Å². The predicted molar refractivity (Wildman–Crippen MR) is 96.0 cm³/mol. The number of amides is 2. The van der Waals surface area contributed by atoms with Crippen molar-refractivity contribution in [3.8, 4) is 0 Å². The minimum atomic E-state index is -0.770. The van der Waals surface area contributed by atoms with Crippen LogP contribution in [0.4, 0.5) is 0 Å². The lowest BCUT2D eigenvalue weighted by Crippen LogP contribution is -2.75. The molecule has 3 N–H and O–H groups in total. The van der Waals surface area contributed by atoms with Crippen LogP contribution in [-0.2, 0) is 9.59 Å². The fourth-order valence-electron chi connectivity index (χ4n) is 4.80. The number of carbonyl (C=O) groups excluding carboxylic acids is 2. The van der Waals surface area contributed by atoms with Crippen LogP contribution in [0.2, 0.25) is 0 Å². The van der Waals surface area contributed by atoms with Gasteiger partial charge in [0.25, 0.3) is 0 Å². The number of rotatable bonds is 5. The molecular weight excluding hydrogens is 318 g/mol. The van der Waals surface area contributed by atoms with Crippen LogP contribution < -0.4 is 10.6 Å². The number of nitrogens with zero attached hydrogens (tertiary/aromatic N) is 1. The quantitative estimate of drug-likeness (QED) is 0.695. The molecule has 2 unspecified atom stereocenters. The van der Waals surface area contributed by atoms with E-state index in [9.17, 15) is 14.7 Å². The maximum Gasteiger partial charge on any atom is 0.248 e. The number of hydrogen-bond acceptors (Lipinski definition) is 4. The van der Waals surface area contributed by atoms with Crippen LogP contribution in [0.3, 0.4) is 0 Å². The monoisotopic (exact) mass is 351 g/mol. The molecule has 0 bridgehead atoms. The molecule has 2 heterocycles. The van der Waals surface area contributed by atoms with Crippen molar-refractivity contribution in [2.45, 2.75) is 82.4 Å². The first-order valence-electron chi connectivity index (χ1n) is 10.1. The predicted octanol–water partition coefficient (Wildman–Crippen LogP) is 1.18. The molecule has 0 aromatic carbocycles. The van der Waals surface area contributed by atoms with Crippen molar-refractivity contribution in [2.75, 3.05) is 19.6 Å². The van der Waals surface area contributed by atoms with Gasteiger partial charge in [-0.05, 0) is 51.1 Å². The third-order valence-electron chi connectivity index (χ3n) is 6.40. The molecule has 1 spiro atoms. The van der Waals surface area contributed by atoms with E-state index in [0.29, 0.717) is 19.4 Å². The highest BCUT2D eigenvalue weighted by atomic mass is 16.3. The largest absolute Gasteiger partial charge is 0.390 e. The molecule has 2 saturated heterocycles. The van der Waals surface area contributed by atoms with Gasteiger partial charge in [0.15, 0.2) is 0 Å². The van der Waals surface area contributed by atoms with Gasteiger partial charge >= 0.3 is 0 Å². The standard InChI is InChI=1S/C19H33N3O3/c1-2-3-13-22-17(24)15(16(23)14-7-5-4-6-8-14)21-18(25)19(22)9-11-20-12-10-19/h14-16,20,23H,2-13H2,1H3,(H,21,25). The Morgan fingerprint density at radius 2 is 1.88 bits per heavy atom. The van der Waals surface area contributed by atoms with E-state index in [1.54, 1.807) is 0 Å². The first kappa shape index (κ1) is 18.6. The first-order valence-corrected chi connectivity index (χ1v) is 10.1. The van der Waals surface area contributed by atoms with Crippen molar-refractivity contribution in [3.05, 3.63) is 0 Å². The van der Waals surface area contributed by atoms with Gasteiger partial charge in [-0.15, -0.1) is 0 Å². The summed E-state index contributed by atoms with van der Waals surface area (Å²) in [7, 11) is 0. The fourth-order valence-corrected chi connectivity index (χ4v) is 4.80. The van der Waals surface area contributed by atoms with Gasteiger partial charge in [-0.3, -0.25) is 9.59 Å². The van der Waals surface area contributed by atoms with Crippen molar-refractivity contribution in [1.82, 2.24) is 15.5 Å². The number of piperazine rings is 1. The summed E-state index contributed by atoms with van der Waals surface area (Å²) in [6.07, 6.45) is 7.72. The lowest BCUT2D eigenvalue weighted by Gasteiger charge is -2.51. The van der Waals surface area contributed by atoms with Crippen molar-refractivity contribution in [2.24, 2.45) is 5.92 Å². The molecule has 0 aromatic rings. The van der Waals surface area contributed by atoms with E-state index in [-0.39, 0.29) is 17.7 Å². The zero-order valence-corrected chi connectivity index (χ0v) is 15.4. The van der Waals surface area contributed by atoms with E-state index < -0.39 is 17.7 Å². The number of nitrogens with one attached hydrogen (secondary N) is 2. The van der Waals surface area contributed by atoms with E-state index in [4.69, 9.17) is 0 Å². The van der Waals surface area contributed by atoms with Gasteiger partial charge in [-0.25, -0.2) is 0 Å². The second kappa shape index (κ2) is 8.04. The van der Waals surface area contributed by atoms with Crippen LogP contribution >= 0.6 is 0 Å². The molecule has 0 aromatic heterocycles. The van der Waals surface area contributed by atoms with Crippen LogP contribution in [0.1, 0.15) is 64.7 Å². The van der Waals surface area contributed by atoms with Gasteiger partial charge in [0.05, 0.1) is 6.10 Å². The fraction of sp³-hybridized carbons (Fsp3) is 0.895. The molecule has 1 aliphatic carbocycles. The Morgan fingerprint density at radius 1 is 1.20 bits per heavy atom.